The highest BCUT2D eigenvalue weighted by molar-refractivity contribution is 7.71. The zero-order valence-corrected chi connectivity index (χ0v) is 13.3. The molecule has 0 bridgehead atoms. The summed E-state index contributed by atoms with van der Waals surface area (Å²) in [5.41, 5.74) is 0.949. The lowest BCUT2D eigenvalue weighted by Crippen LogP contribution is -1.99. The molecule has 0 saturated carbocycles. The van der Waals surface area contributed by atoms with Crippen molar-refractivity contribution < 1.29 is 0 Å². The van der Waals surface area contributed by atoms with Crippen LogP contribution >= 0.6 is 35.2 Å². The molecule has 4 nitrogen and oxygen atoms in total. The molecule has 2 aromatic heterocycles. The molecule has 0 saturated heterocycles. The minimum Gasteiger partial charge on any atom is -0.250 e. The summed E-state index contributed by atoms with van der Waals surface area (Å²) in [6.07, 6.45) is 2.43. The number of hydrogen-bond donors (Lipinski definition) is 1. The molecular formula is C14H11ClN4S2. The summed E-state index contributed by atoms with van der Waals surface area (Å²) in [6, 6.07) is 11.5. The highest BCUT2D eigenvalue weighted by atomic mass is 35.5. The standard InChI is InChI=1S/C14H11ClN4S2/c15-11-5-3-10(4-6-11)9-16-19-13(17-18-14(19)20)8-12-2-1-7-21-12/h1-7,9H,8H2,(H,18,20)/b16-9-. The van der Waals surface area contributed by atoms with E-state index in [0.29, 0.717) is 16.2 Å². The van der Waals surface area contributed by atoms with E-state index in [2.05, 4.69) is 21.4 Å². The molecule has 0 aliphatic rings. The number of nitrogens with zero attached hydrogens (tertiary/aromatic N) is 3. The van der Waals surface area contributed by atoms with Crippen LogP contribution in [0.25, 0.3) is 0 Å². The van der Waals surface area contributed by atoms with E-state index in [1.54, 1.807) is 22.2 Å². The van der Waals surface area contributed by atoms with Gasteiger partial charge in [0, 0.05) is 16.3 Å². The van der Waals surface area contributed by atoms with Crippen molar-refractivity contribution in [2.45, 2.75) is 6.42 Å². The number of thiophene rings is 1. The first kappa shape index (κ1) is 14.2. The van der Waals surface area contributed by atoms with E-state index in [-0.39, 0.29) is 0 Å². The first-order valence-corrected chi connectivity index (χ1v) is 7.87. The van der Waals surface area contributed by atoms with Crippen LogP contribution < -0.4 is 0 Å². The van der Waals surface area contributed by atoms with Gasteiger partial charge in [0.2, 0.25) is 4.77 Å². The molecule has 7 heteroatoms. The quantitative estimate of drug-likeness (QED) is 0.576. The van der Waals surface area contributed by atoms with Crippen molar-refractivity contribution in [3.05, 3.63) is 67.8 Å². The lowest BCUT2D eigenvalue weighted by atomic mass is 10.2. The van der Waals surface area contributed by atoms with Gasteiger partial charge in [0.15, 0.2) is 5.82 Å². The van der Waals surface area contributed by atoms with Gasteiger partial charge in [0.05, 0.1) is 6.21 Å². The van der Waals surface area contributed by atoms with E-state index < -0.39 is 0 Å². The van der Waals surface area contributed by atoms with E-state index in [1.165, 1.54) is 4.88 Å². The van der Waals surface area contributed by atoms with Gasteiger partial charge in [-0.3, -0.25) is 5.10 Å². The maximum Gasteiger partial charge on any atom is 0.216 e. The summed E-state index contributed by atoms with van der Waals surface area (Å²) in [5, 5.41) is 14.2. The smallest absolute Gasteiger partial charge is 0.216 e. The number of benzene rings is 1. The van der Waals surface area contributed by atoms with Gasteiger partial charge >= 0.3 is 0 Å². The second-order valence-electron chi connectivity index (χ2n) is 4.31. The van der Waals surface area contributed by atoms with Crippen LogP contribution in [0, 0.1) is 4.77 Å². The van der Waals surface area contributed by atoms with Crippen LogP contribution in [-0.2, 0) is 6.42 Å². The lowest BCUT2D eigenvalue weighted by Gasteiger charge is -1.99. The Bertz CT molecular complexity index is 800. The highest BCUT2D eigenvalue weighted by Gasteiger charge is 2.06. The van der Waals surface area contributed by atoms with Crippen LogP contribution in [0.2, 0.25) is 5.02 Å². The summed E-state index contributed by atoms with van der Waals surface area (Å²) in [4.78, 5) is 1.21. The van der Waals surface area contributed by atoms with Gasteiger partial charge in [-0.1, -0.05) is 29.8 Å². The zero-order valence-electron chi connectivity index (χ0n) is 10.9. The number of nitrogens with one attached hydrogen (secondary N) is 1. The molecule has 0 spiro atoms. The predicted octanol–water partition coefficient (Wildman–Crippen LogP) is 4.13. The Morgan fingerprint density at radius 3 is 2.86 bits per heavy atom. The molecule has 0 fully saturated rings. The third-order valence-corrected chi connectivity index (χ3v) is 4.21. The minimum atomic E-state index is 0.478. The van der Waals surface area contributed by atoms with Gasteiger partial charge in [-0.15, -0.1) is 11.3 Å². The van der Waals surface area contributed by atoms with Crippen molar-refractivity contribution in [3.63, 3.8) is 0 Å². The second-order valence-corrected chi connectivity index (χ2v) is 6.16. The van der Waals surface area contributed by atoms with Crippen LogP contribution in [0.3, 0.4) is 0 Å². The van der Waals surface area contributed by atoms with Crippen molar-refractivity contribution in [1.29, 1.82) is 0 Å². The van der Waals surface area contributed by atoms with Crippen LogP contribution in [0.1, 0.15) is 16.3 Å². The Labute approximate surface area is 135 Å². The highest BCUT2D eigenvalue weighted by Crippen LogP contribution is 2.14. The maximum absolute atomic E-state index is 5.86. The summed E-state index contributed by atoms with van der Waals surface area (Å²) in [6.45, 7) is 0. The molecule has 21 heavy (non-hydrogen) atoms. The molecule has 0 unspecified atom stereocenters. The van der Waals surface area contributed by atoms with Crippen molar-refractivity contribution in [2.75, 3.05) is 0 Å². The Morgan fingerprint density at radius 1 is 1.33 bits per heavy atom. The van der Waals surface area contributed by atoms with Gasteiger partial charge in [-0.05, 0) is 41.4 Å². The molecule has 1 aromatic carbocycles. The van der Waals surface area contributed by atoms with E-state index in [0.717, 1.165) is 11.4 Å². The molecule has 0 aliphatic carbocycles. The number of H-pyrrole nitrogens is 1. The fourth-order valence-electron chi connectivity index (χ4n) is 1.80. The normalized spacial score (nSPS) is 11.3. The Kier molecular flexibility index (Phi) is 4.28. The molecule has 2 heterocycles. The molecule has 1 N–H and O–H groups in total. The third kappa shape index (κ3) is 3.47. The average Bonchev–Trinajstić information content (AvgIpc) is 3.10. The fraction of sp³-hybridized carbons (Fsp3) is 0.0714. The minimum absolute atomic E-state index is 0.478. The van der Waals surface area contributed by atoms with Gasteiger partial charge in [-0.25, -0.2) is 0 Å². The first-order valence-electron chi connectivity index (χ1n) is 6.21. The largest absolute Gasteiger partial charge is 0.250 e. The van der Waals surface area contributed by atoms with Crippen molar-refractivity contribution in [2.24, 2.45) is 5.10 Å². The van der Waals surface area contributed by atoms with Crippen LogP contribution in [0.15, 0.2) is 46.9 Å². The van der Waals surface area contributed by atoms with Gasteiger partial charge < -0.3 is 0 Å². The van der Waals surface area contributed by atoms with Gasteiger partial charge in [0.25, 0.3) is 0 Å². The van der Waals surface area contributed by atoms with Gasteiger partial charge in [-0.2, -0.15) is 14.9 Å². The fourth-order valence-corrected chi connectivity index (χ4v) is 2.83. The number of halogens is 1. The van der Waals surface area contributed by atoms with Crippen molar-refractivity contribution >= 4 is 41.4 Å². The van der Waals surface area contributed by atoms with Crippen molar-refractivity contribution in [1.82, 2.24) is 14.9 Å². The molecular weight excluding hydrogens is 324 g/mol. The number of rotatable bonds is 4. The van der Waals surface area contributed by atoms with E-state index in [4.69, 9.17) is 23.8 Å². The Morgan fingerprint density at radius 2 is 2.14 bits per heavy atom. The van der Waals surface area contributed by atoms with E-state index in [9.17, 15) is 0 Å². The lowest BCUT2D eigenvalue weighted by molar-refractivity contribution is 0.795. The Balaban J connectivity index is 1.86. The summed E-state index contributed by atoms with van der Waals surface area (Å²) < 4.78 is 2.12. The molecule has 0 atom stereocenters. The molecule has 3 aromatic rings. The SMILES string of the molecule is S=c1[nH]nc(Cc2cccs2)n1/N=C\c1ccc(Cl)cc1. The van der Waals surface area contributed by atoms with Gasteiger partial charge in [0.1, 0.15) is 0 Å². The third-order valence-electron chi connectivity index (χ3n) is 2.82. The van der Waals surface area contributed by atoms with Crippen LogP contribution in [0.4, 0.5) is 0 Å². The molecule has 106 valence electrons. The monoisotopic (exact) mass is 334 g/mol. The Hall–Kier alpha value is -1.76. The number of aromatic nitrogens is 3. The van der Waals surface area contributed by atoms with E-state index in [1.807, 2.05) is 35.7 Å². The zero-order chi connectivity index (χ0) is 14.7. The first-order chi connectivity index (χ1) is 10.2. The average molecular weight is 335 g/mol. The number of aromatic amines is 1. The molecule has 0 amide bonds. The summed E-state index contributed by atoms with van der Waals surface area (Å²) in [7, 11) is 0. The van der Waals surface area contributed by atoms with Crippen molar-refractivity contribution in [3.8, 4) is 0 Å². The molecule has 0 aliphatic heterocycles. The number of hydrogen-bond acceptors (Lipinski definition) is 4. The molecule has 3 rings (SSSR count). The van der Waals surface area contributed by atoms with Crippen LogP contribution in [-0.4, -0.2) is 21.1 Å². The summed E-state index contributed by atoms with van der Waals surface area (Å²) >= 11 is 12.8. The maximum atomic E-state index is 5.86. The predicted molar refractivity (Wildman–Crippen MR) is 89.0 cm³/mol. The molecule has 0 radical (unpaired) electrons. The van der Waals surface area contributed by atoms with Crippen LogP contribution in [0.5, 0.6) is 0 Å². The van der Waals surface area contributed by atoms with E-state index >= 15 is 0 Å². The second kappa shape index (κ2) is 6.34. The topological polar surface area (TPSA) is 46.0 Å². The summed E-state index contributed by atoms with van der Waals surface area (Å²) in [5.74, 6) is 0.785.